The van der Waals surface area contributed by atoms with E-state index in [0.717, 1.165) is 11.1 Å². The van der Waals surface area contributed by atoms with Gasteiger partial charge in [-0.15, -0.1) is 0 Å². The lowest BCUT2D eigenvalue weighted by molar-refractivity contribution is -0.112. The van der Waals surface area contributed by atoms with Crippen molar-refractivity contribution in [1.29, 1.82) is 0 Å². The predicted molar refractivity (Wildman–Crippen MR) is 91.5 cm³/mol. The molecule has 24 heavy (non-hydrogen) atoms. The van der Waals surface area contributed by atoms with Crippen LogP contribution in [0.3, 0.4) is 0 Å². The van der Waals surface area contributed by atoms with E-state index in [9.17, 15) is 9.59 Å². The Labute approximate surface area is 140 Å². The van der Waals surface area contributed by atoms with Crippen molar-refractivity contribution in [1.82, 2.24) is 0 Å². The summed E-state index contributed by atoms with van der Waals surface area (Å²) in [6.45, 7) is 0. The van der Waals surface area contributed by atoms with Gasteiger partial charge in [0.05, 0.1) is 31.0 Å². The molecule has 0 saturated heterocycles. The van der Waals surface area contributed by atoms with Gasteiger partial charge in [-0.25, -0.2) is 4.79 Å². The van der Waals surface area contributed by atoms with E-state index in [0.29, 0.717) is 22.6 Å². The number of benzene rings is 2. The molecule has 0 saturated carbocycles. The van der Waals surface area contributed by atoms with Crippen molar-refractivity contribution in [2.75, 3.05) is 26.2 Å². The van der Waals surface area contributed by atoms with Gasteiger partial charge in [0.25, 0.3) is 5.91 Å². The van der Waals surface area contributed by atoms with E-state index in [1.807, 2.05) is 30.3 Å². The number of carbonyl (C=O) groups is 2. The van der Waals surface area contributed by atoms with Crippen LogP contribution in [0.15, 0.2) is 48.5 Å². The fraction of sp³-hybridized carbons (Fsp3) is 0.158. The largest absolute Gasteiger partial charge is 0.495 e. The van der Waals surface area contributed by atoms with Crippen molar-refractivity contribution < 1.29 is 19.1 Å². The van der Waals surface area contributed by atoms with Crippen LogP contribution in [0.25, 0.3) is 11.3 Å². The highest BCUT2D eigenvalue weighted by molar-refractivity contribution is 6.37. The average Bonchev–Trinajstić information content (AvgIpc) is 2.87. The van der Waals surface area contributed by atoms with E-state index in [1.165, 1.54) is 12.0 Å². The number of rotatable bonds is 3. The second kappa shape index (κ2) is 6.20. The number of ether oxygens (including phenoxy) is 2. The Hall–Kier alpha value is -3.08. The summed E-state index contributed by atoms with van der Waals surface area (Å²) < 4.78 is 10.3. The number of amides is 1. The maximum absolute atomic E-state index is 12.8. The number of methoxy groups -OCH3 is 2. The Bertz CT molecular complexity index is 840. The molecule has 1 heterocycles. The van der Waals surface area contributed by atoms with Crippen LogP contribution < -0.4 is 4.90 Å². The number of hydrogen-bond acceptors (Lipinski definition) is 4. The molecule has 0 unspecified atom stereocenters. The summed E-state index contributed by atoms with van der Waals surface area (Å²) in [4.78, 5) is 26.0. The lowest BCUT2D eigenvalue weighted by atomic mass is 10.0. The molecule has 1 amide bonds. The molecular formula is C19H17NO4. The molecule has 3 rings (SSSR count). The number of anilines is 1. The minimum atomic E-state index is -0.439. The number of esters is 1. The van der Waals surface area contributed by atoms with Gasteiger partial charge in [0, 0.05) is 18.2 Å². The lowest BCUT2D eigenvalue weighted by Crippen LogP contribution is -2.21. The van der Waals surface area contributed by atoms with E-state index in [4.69, 9.17) is 9.47 Å². The van der Waals surface area contributed by atoms with E-state index in [-0.39, 0.29) is 5.91 Å². The Balaban J connectivity index is 2.21. The highest BCUT2D eigenvalue weighted by atomic mass is 16.5. The molecule has 2 aromatic rings. The Morgan fingerprint density at radius 1 is 0.958 bits per heavy atom. The molecule has 0 aliphatic carbocycles. The van der Waals surface area contributed by atoms with E-state index in [2.05, 4.69) is 0 Å². The first kappa shape index (κ1) is 15.8. The second-order valence-corrected chi connectivity index (χ2v) is 5.36. The van der Waals surface area contributed by atoms with Crippen molar-refractivity contribution in [3.63, 3.8) is 0 Å². The third-order valence-electron chi connectivity index (χ3n) is 4.04. The van der Waals surface area contributed by atoms with Gasteiger partial charge in [-0.2, -0.15) is 0 Å². The van der Waals surface area contributed by atoms with Crippen molar-refractivity contribution >= 4 is 28.9 Å². The molecule has 0 atom stereocenters. The quantitative estimate of drug-likeness (QED) is 0.495. The summed E-state index contributed by atoms with van der Waals surface area (Å²) in [5.41, 5.74) is 3.09. The fourth-order valence-corrected chi connectivity index (χ4v) is 2.83. The van der Waals surface area contributed by atoms with Crippen LogP contribution in [-0.2, 0) is 14.3 Å². The van der Waals surface area contributed by atoms with Gasteiger partial charge in [0.15, 0.2) is 0 Å². The van der Waals surface area contributed by atoms with Crippen LogP contribution in [-0.4, -0.2) is 33.1 Å². The molecule has 1 aliphatic heterocycles. The van der Waals surface area contributed by atoms with Gasteiger partial charge < -0.3 is 14.4 Å². The first-order valence-electron chi connectivity index (χ1n) is 7.43. The molecule has 1 aliphatic rings. The maximum Gasteiger partial charge on any atom is 0.337 e. The molecule has 5 nitrogen and oxygen atoms in total. The van der Waals surface area contributed by atoms with Gasteiger partial charge in [0.1, 0.15) is 5.76 Å². The molecule has 122 valence electrons. The van der Waals surface area contributed by atoms with Crippen LogP contribution >= 0.6 is 0 Å². The van der Waals surface area contributed by atoms with Crippen molar-refractivity contribution in [2.45, 2.75) is 0 Å². The Morgan fingerprint density at radius 2 is 1.67 bits per heavy atom. The standard InChI is InChI=1S/C19H17NO4/c1-20-15-11-13(19(22)24-3)9-10-14(15)16(18(20)21)17(23-2)12-7-5-4-6-8-12/h4-11H,1-3H3/b17-16-. The molecule has 0 spiro atoms. The zero-order valence-electron chi connectivity index (χ0n) is 13.7. The molecule has 0 radical (unpaired) electrons. The minimum Gasteiger partial charge on any atom is -0.495 e. The predicted octanol–water partition coefficient (Wildman–Crippen LogP) is 2.96. The van der Waals surface area contributed by atoms with Gasteiger partial charge in [-0.1, -0.05) is 36.4 Å². The number of hydrogen-bond donors (Lipinski definition) is 0. The zero-order valence-corrected chi connectivity index (χ0v) is 13.7. The highest BCUT2D eigenvalue weighted by Gasteiger charge is 2.34. The lowest BCUT2D eigenvalue weighted by Gasteiger charge is -2.11. The van der Waals surface area contributed by atoms with E-state index < -0.39 is 5.97 Å². The molecule has 0 fully saturated rings. The number of nitrogens with zero attached hydrogens (tertiary/aromatic N) is 1. The summed E-state index contributed by atoms with van der Waals surface area (Å²) in [5, 5.41) is 0. The first-order chi connectivity index (χ1) is 11.6. The van der Waals surface area contributed by atoms with Crippen LogP contribution in [0, 0.1) is 0 Å². The number of carbonyl (C=O) groups excluding carboxylic acids is 2. The van der Waals surface area contributed by atoms with Crippen molar-refractivity contribution in [3.8, 4) is 0 Å². The van der Waals surface area contributed by atoms with Crippen molar-refractivity contribution in [2.24, 2.45) is 0 Å². The van der Waals surface area contributed by atoms with Crippen LogP contribution in [0.4, 0.5) is 5.69 Å². The topological polar surface area (TPSA) is 55.8 Å². The summed E-state index contributed by atoms with van der Waals surface area (Å²) in [7, 11) is 4.55. The molecule has 0 aromatic heterocycles. The molecule has 2 aromatic carbocycles. The number of fused-ring (bicyclic) bond motifs is 1. The third-order valence-corrected chi connectivity index (χ3v) is 4.04. The van der Waals surface area contributed by atoms with E-state index in [1.54, 1.807) is 32.4 Å². The van der Waals surface area contributed by atoms with Gasteiger partial charge >= 0.3 is 5.97 Å². The summed E-state index contributed by atoms with van der Waals surface area (Å²) in [5.74, 6) is -0.101. The summed E-state index contributed by atoms with van der Waals surface area (Å²) in [6, 6.07) is 14.5. The Morgan fingerprint density at radius 3 is 2.29 bits per heavy atom. The molecule has 0 N–H and O–H groups in total. The Kier molecular flexibility index (Phi) is 4.08. The summed E-state index contributed by atoms with van der Waals surface area (Å²) >= 11 is 0. The van der Waals surface area contributed by atoms with Crippen LogP contribution in [0.1, 0.15) is 21.5 Å². The maximum atomic E-state index is 12.8. The monoisotopic (exact) mass is 323 g/mol. The SMILES string of the molecule is COC(=O)c1ccc2c(c1)N(C)C(=O)/C2=C(\OC)c1ccccc1. The van der Waals surface area contributed by atoms with Crippen molar-refractivity contribution in [3.05, 3.63) is 65.2 Å². The first-order valence-corrected chi connectivity index (χ1v) is 7.43. The molecular weight excluding hydrogens is 306 g/mol. The van der Waals surface area contributed by atoms with Gasteiger partial charge in [-0.05, 0) is 12.1 Å². The smallest absolute Gasteiger partial charge is 0.337 e. The fourth-order valence-electron chi connectivity index (χ4n) is 2.83. The normalized spacial score (nSPS) is 15.1. The van der Waals surface area contributed by atoms with Gasteiger partial charge in [-0.3, -0.25) is 4.79 Å². The van der Waals surface area contributed by atoms with Crippen LogP contribution in [0.2, 0.25) is 0 Å². The van der Waals surface area contributed by atoms with Crippen LogP contribution in [0.5, 0.6) is 0 Å². The van der Waals surface area contributed by atoms with E-state index >= 15 is 0 Å². The number of likely N-dealkylation sites (N-methyl/N-ethyl adjacent to an activating group) is 1. The zero-order chi connectivity index (χ0) is 17.3. The molecule has 0 bridgehead atoms. The second-order valence-electron chi connectivity index (χ2n) is 5.36. The highest BCUT2D eigenvalue weighted by Crippen LogP contribution is 2.40. The minimum absolute atomic E-state index is 0.173. The molecule has 5 heteroatoms. The third kappa shape index (κ3) is 2.44. The summed E-state index contributed by atoms with van der Waals surface area (Å²) in [6.07, 6.45) is 0. The average molecular weight is 323 g/mol. The van der Waals surface area contributed by atoms with Gasteiger partial charge in [0.2, 0.25) is 0 Å².